The van der Waals surface area contributed by atoms with E-state index in [1.807, 2.05) is 67.6 Å². The smallest absolute Gasteiger partial charge is 0.257 e. The molecule has 0 saturated carbocycles. The van der Waals surface area contributed by atoms with Crippen LogP contribution in [0.15, 0.2) is 72.9 Å². The predicted octanol–water partition coefficient (Wildman–Crippen LogP) is 4.22. The van der Waals surface area contributed by atoms with Crippen molar-refractivity contribution in [2.24, 2.45) is 0 Å². The van der Waals surface area contributed by atoms with Gasteiger partial charge in [-0.05, 0) is 42.8 Å². The molecule has 0 radical (unpaired) electrons. The molecule has 0 bridgehead atoms. The molecule has 4 nitrogen and oxygen atoms in total. The van der Waals surface area contributed by atoms with Gasteiger partial charge in [0.05, 0.1) is 0 Å². The predicted molar refractivity (Wildman–Crippen MR) is 94.1 cm³/mol. The summed E-state index contributed by atoms with van der Waals surface area (Å²) in [6.45, 7) is 2.29. The first-order chi connectivity index (χ1) is 11.7. The number of hydrogen-bond donors (Lipinski definition) is 1. The number of carbonyl (C=O) groups is 1. The van der Waals surface area contributed by atoms with Gasteiger partial charge in [-0.3, -0.25) is 4.79 Å². The van der Waals surface area contributed by atoms with Crippen LogP contribution in [-0.4, -0.2) is 10.9 Å². The van der Waals surface area contributed by atoms with Gasteiger partial charge in [-0.15, -0.1) is 0 Å². The van der Waals surface area contributed by atoms with Crippen molar-refractivity contribution < 1.29 is 9.53 Å². The monoisotopic (exact) mass is 318 g/mol. The second-order valence-corrected chi connectivity index (χ2v) is 5.43. The summed E-state index contributed by atoms with van der Waals surface area (Å²) in [7, 11) is 0. The van der Waals surface area contributed by atoms with Crippen LogP contribution >= 0.6 is 0 Å². The van der Waals surface area contributed by atoms with Crippen LogP contribution in [0, 0.1) is 6.92 Å². The molecule has 0 aliphatic heterocycles. The molecule has 3 rings (SSSR count). The molecule has 1 heterocycles. The third kappa shape index (κ3) is 3.98. The number of aryl methyl sites for hydroxylation is 1. The van der Waals surface area contributed by atoms with Gasteiger partial charge >= 0.3 is 0 Å². The number of amides is 1. The minimum atomic E-state index is -0.194. The Bertz CT molecular complexity index is 832. The quantitative estimate of drug-likeness (QED) is 0.766. The molecule has 0 unspecified atom stereocenters. The van der Waals surface area contributed by atoms with Crippen molar-refractivity contribution in [3.63, 3.8) is 0 Å². The molecule has 0 fully saturated rings. The lowest BCUT2D eigenvalue weighted by molar-refractivity contribution is 0.102. The summed E-state index contributed by atoms with van der Waals surface area (Å²) in [6.07, 6.45) is 1.68. The van der Waals surface area contributed by atoms with Crippen molar-refractivity contribution in [2.45, 2.75) is 13.5 Å². The first-order valence-corrected chi connectivity index (χ1v) is 7.72. The van der Waals surface area contributed by atoms with E-state index in [0.717, 1.165) is 16.9 Å². The van der Waals surface area contributed by atoms with E-state index in [4.69, 9.17) is 4.74 Å². The van der Waals surface area contributed by atoms with Gasteiger partial charge in [-0.2, -0.15) is 0 Å². The van der Waals surface area contributed by atoms with E-state index in [1.165, 1.54) is 0 Å². The molecule has 0 aliphatic rings. The molecule has 24 heavy (non-hydrogen) atoms. The average molecular weight is 318 g/mol. The fourth-order valence-electron chi connectivity index (χ4n) is 2.33. The van der Waals surface area contributed by atoms with Crippen LogP contribution in [0.5, 0.6) is 5.75 Å². The minimum absolute atomic E-state index is 0.194. The summed E-state index contributed by atoms with van der Waals surface area (Å²) in [5, 5.41) is 2.83. The lowest BCUT2D eigenvalue weighted by Gasteiger charge is -2.11. The molecule has 0 atom stereocenters. The third-order valence-corrected chi connectivity index (χ3v) is 3.56. The van der Waals surface area contributed by atoms with Crippen molar-refractivity contribution in [1.82, 2.24) is 4.98 Å². The summed E-state index contributed by atoms with van der Waals surface area (Å²) in [4.78, 5) is 16.7. The lowest BCUT2D eigenvalue weighted by Crippen LogP contribution is -2.16. The zero-order valence-corrected chi connectivity index (χ0v) is 13.4. The summed E-state index contributed by atoms with van der Waals surface area (Å²) in [5.41, 5.74) is 2.45. The molecule has 0 spiro atoms. The molecular formula is C20H18N2O2. The molecule has 0 saturated heterocycles. The van der Waals surface area contributed by atoms with Crippen molar-refractivity contribution in [2.75, 3.05) is 5.32 Å². The largest absolute Gasteiger partial charge is 0.489 e. The number of anilines is 1. The van der Waals surface area contributed by atoms with Crippen LogP contribution in [-0.2, 0) is 6.61 Å². The summed E-state index contributed by atoms with van der Waals surface area (Å²) < 4.78 is 5.76. The Morgan fingerprint density at radius 2 is 1.79 bits per heavy atom. The number of rotatable bonds is 5. The third-order valence-electron chi connectivity index (χ3n) is 3.56. The van der Waals surface area contributed by atoms with Crippen LogP contribution in [0.3, 0.4) is 0 Å². The fraction of sp³-hybridized carbons (Fsp3) is 0.100. The molecule has 4 heteroatoms. The Morgan fingerprint density at radius 1 is 1.04 bits per heavy atom. The number of nitrogens with one attached hydrogen (secondary N) is 1. The Morgan fingerprint density at radius 3 is 2.58 bits per heavy atom. The zero-order chi connectivity index (χ0) is 16.8. The Hall–Kier alpha value is -3.14. The molecule has 120 valence electrons. The molecule has 0 aliphatic carbocycles. The first kappa shape index (κ1) is 15.7. The Kier molecular flexibility index (Phi) is 4.87. The van der Waals surface area contributed by atoms with E-state index in [-0.39, 0.29) is 5.91 Å². The number of para-hydroxylation sites is 1. The number of carbonyl (C=O) groups excluding carboxylic acids is 1. The fourth-order valence-corrected chi connectivity index (χ4v) is 2.33. The van der Waals surface area contributed by atoms with Gasteiger partial charge in [0.2, 0.25) is 0 Å². The Balaban J connectivity index is 1.74. The van der Waals surface area contributed by atoms with Gasteiger partial charge in [0.15, 0.2) is 0 Å². The minimum Gasteiger partial charge on any atom is -0.489 e. The molecule has 1 N–H and O–H groups in total. The molecule has 3 aromatic rings. The number of aromatic nitrogens is 1. The second-order valence-electron chi connectivity index (χ2n) is 5.43. The van der Waals surface area contributed by atoms with E-state index < -0.39 is 0 Å². The second kappa shape index (κ2) is 7.42. The lowest BCUT2D eigenvalue weighted by atomic mass is 10.1. The standard InChI is InChI=1S/C20H18N2O2/c1-15-11-12-21-19(13-15)22-20(23)18-10-6-5-7-16(18)14-24-17-8-3-2-4-9-17/h2-13H,14H2,1H3,(H,21,22,23). The van der Waals surface area contributed by atoms with E-state index in [1.54, 1.807) is 12.3 Å². The van der Waals surface area contributed by atoms with E-state index in [0.29, 0.717) is 18.0 Å². The summed E-state index contributed by atoms with van der Waals surface area (Å²) >= 11 is 0. The molecular weight excluding hydrogens is 300 g/mol. The van der Waals surface area contributed by atoms with Crippen molar-refractivity contribution in [3.05, 3.63) is 89.6 Å². The van der Waals surface area contributed by atoms with E-state index >= 15 is 0 Å². The maximum Gasteiger partial charge on any atom is 0.257 e. The summed E-state index contributed by atoms with van der Waals surface area (Å²) in [5.74, 6) is 1.12. The highest BCUT2D eigenvalue weighted by Crippen LogP contribution is 2.16. The SMILES string of the molecule is Cc1ccnc(NC(=O)c2ccccc2COc2ccccc2)c1. The normalized spacial score (nSPS) is 10.2. The van der Waals surface area contributed by atoms with E-state index in [9.17, 15) is 4.79 Å². The maximum absolute atomic E-state index is 12.6. The van der Waals surface area contributed by atoms with Gasteiger partial charge < -0.3 is 10.1 Å². The molecule has 2 aromatic carbocycles. The van der Waals surface area contributed by atoms with Crippen LogP contribution in [0.25, 0.3) is 0 Å². The topological polar surface area (TPSA) is 51.2 Å². The van der Waals surface area contributed by atoms with Crippen LogP contribution < -0.4 is 10.1 Å². The summed E-state index contributed by atoms with van der Waals surface area (Å²) in [6, 6.07) is 20.7. The van der Waals surface area contributed by atoms with Gasteiger partial charge in [0, 0.05) is 17.3 Å². The van der Waals surface area contributed by atoms with Crippen LogP contribution in [0.1, 0.15) is 21.5 Å². The highest BCUT2D eigenvalue weighted by atomic mass is 16.5. The van der Waals surface area contributed by atoms with E-state index in [2.05, 4.69) is 10.3 Å². The number of hydrogen-bond acceptors (Lipinski definition) is 3. The highest BCUT2D eigenvalue weighted by Gasteiger charge is 2.12. The van der Waals surface area contributed by atoms with Crippen molar-refractivity contribution in [3.8, 4) is 5.75 Å². The van der Waals surface area contributed by atoms with Gasteiger partial charge in [-0.25, -0.2) is 4.98 Å². The van der Waals surface area contributed by atoms with Crippen molar-refractivity contribution in [1.29, 1.82) is 0 Å². The number of benzene rings is 2. The van der Waals surface area contributed by atoms with Gasteiger partial charge in [-0.1, -0.05) is 36.4 Å². The zero-order valence-electron chi connectivity index (χ0n) is 13.4. The number of ether oxygens (including phenoxy) is 1. The maximum atomic E-state index is 12.6. The van der Waals surface area contributed by atoms with Crippen LogP contribution in [0.2, 0.25) is 0 Å². The average Bonchev–Trinajstić information content (AvgIpc) is 2.61. The van der Waals surface area contributed by atoms with Crippen molar-refractivity contribution >= 4 is 11.7 Å². The van der Waals surface area contributed by atoms with Gasteiger partial charge in [0.1, 0.15) is 18.2 Å². The van der Waals surface area contributed by atoms with Gasteiger partial charge in [0.25, 0.3) is 5.91 Å². The molecule has 1 aromatic heterocycles. The number of pyridine rings is 1. The number of nitrogens with zero attached hydrogens (tertiary/aromatic N) is 1. The highest BCUT2D eigenvalue weighted by molar-refractivity contribution is 6.04. The Labute approximate surface area is 141 Å². The molecule has 1 amide bonds. The first-order valence-electron chi connectivity index (χ1n) is 7.72. The van der Waals surface area contributed by atoms with Crippen LogP contribution in [0.4, 0.5) is 5.82 Å².